The Morgan fingerprint density at radius 2 is 1.87 bits per heavy atom. The standard InChI is InChI=1S/C12H22O3/c1-3-8-12(9-4-2,11(13)14)15-10-6-5-7-10/h10H,3-9H2,1-2H3,(H,13,14). The van der Waals surface area contributed by atoms with Crippen molar-refractivity contribution in [2.75, 3.05) is 0 Å². The van der Waals surface area contributed by atoms with E-state index in [-0.39, 0.29) is 6.10 Å². The lowest BCUT2D eigenvalue weighted by Gasteiger charge is -2.37. The molecule has 3 heteroatoms. The Balaban J connectivity index is 2.64. The minimum atomic E-state index is -0.908. The lowest BCUT2D eigenvalue weighted by atomic mass is 9.89. The molecule has 0 atom stereocenters. The molecule has 0 aromatic rings. The van der Waals surface area contributed by atoms with Crippen LogP contribution in [0.4, 0.5) is 0 Å². The molecule has 1 fully saturated rings. The van der Waals surface area contributed by atoms with Crippen LogP contribution in [0.1, 0.15) is 58.8 Å². The second kappa shape index (κ2) is 5.50. The van der Waals surface area contributed by atoms with Gasteiger partial charge in [0.1, 0.15) is 0 Å². The van der Waals surface area contributed by atoms with Crippen molar-refractivity contribution in [3.63, 3.8) is 0 Å². The summed E-state index contributed by atoms with van der Waals surface area (Å²) in [4.78, 5) is 11.4. The van der Waals surface area contributed by atoms with Crippen molar-refractivity contribution >= 4 is 5.97 Å². The zero-order chi connectivity index (χ0) is 11.3. The van der Waals surface area contributed by atoms with Crippen LogP contribution in [-0.2, 0) is 9.53 Å². The first-order valence-electron chi connectivity index (χ1n) is 6.06. The first kappa shape index (κ1) is 12.5. The summed E-state index contributed by atoms with van der Waals surface area (Å²) in [6.07, 6.45) is 6.42. The molecular weight excluding hydrogens is 192 g/mol. The normalized spacial score (nSPS) is 17.5. The first-order chi connectivity index (χ1) is 7.14. The third kappa shape index (κ3) is 2.94. The molecule has 3 nitrogen and oxygen atoms in total. The van der Waals surface area contributed by atoms with Gasteiger partial charge in [-0.2, -0.15) is 0 Å². The lowest BCUT2D eigenvalue weighted by Crippen LogP contribution is -2.46. The van der Waals surface area contributed by atoms with Crippen molar-refractivity contribution in [2.45, 2.75) is 70.5 Å². The molecule has 1 saturated carbocycles. The largest absolute Gasteiger partial charge is 0.479 e. The molecule has 0 radical (unpaired) electrons. The van der Waals surface area contributed by atoms with Crippen molar-refractivity contribution in [1.29, 1.82) is 0 Å². The average molecular weight is 214 g/mol. The van der Waals surface area contributed by atoms with Crippen LogP contribution < -0.4 is 0 Å². The Hall–Kier alpha value is -0.570. The number of carboxylic acid groups (broad SMARTS) is 1. The minimum absolute atomic E-state index is 0.194. The van der Waals surface area contributed by atoms with Crippen molar-refractivity contribution in [2.24, 2.45) is 0 Å². The molecule has 0 saturated heterocycles. The van der Waals surface area contributed by atoms with Crippen LogP contribution in [0.5, 0.6) is 0 Å². The summed E-state index contributed by atoms with van der Waals surface area (Å²) in [6, 6.07) is 0. The summed E-state index contributed by atoms with van der Waals surface area (Å²) < 4.78 is 5.82. The van der Waals surface area contributed by atoms with Gasteiger partial charge in [-0.15, -0.1) is 0 Å². The summed E-state index contributed by atoms with van der Waals surface area (Å²) in [6.45, 7) is 4.02. The van der Waals surface area contributed by atoms with E-state index >= 15 is 0 Å². The molecular formula is C12H22O3. The highest BCUT2D eigenvalue weighted by Gasteiger charge is 2.41. The number of rotatable bonds is 7. The van der Waals surface area contributed by atoms with E-state index in [0.29, 0.717) is 12.8 Å². The number of carbonyl (C=O) groups is 1. The Morgan fingerprint density at radius 3 is 2.13 bits per heavy atom. The van der Waals surface area contributed by atoms with Crippen molar-refractivity contribution in [3.8, 4) is 0 Å². The molecule has 0 unspecified atom stereocenters. The van der Waals surface area contributed by atoms with Gasteiger partial charge in [0, 0.05) is 0 Å². The fourth-order valence-electron chi connectivity index (χ4n) is 2.12. The van der Waals surface area contributed by atoms with Crippen LogP contribution in [-0.4, -0.2) is 22.8 Å². The zero-order valence-electron chi connectivity index (χ0n) is 9.79. The van der Waals surface area contributed by atoms with Gasteiger partial charge in [-0.1, -0.05) is 26.7 Å². The van der Waals surface area contributed by atoms with Gasteiger partial charge in [0.15, 0.2) is 5.60 Å². The lowest BCUT2D eigenvalue weighted by molar-refractivity contribution is -0.184. The highest BCUT2D eigenvalue weighted by Crippen LogP contribution is 2.33. The van der Waals surface area contributed by atoms with Crippen molar-refractivity contribution in [3.05, 3.63) is 0 Å². The summed E-state index contributed by atoms with van der Waals surface area (Å²) in [5.74, 6) is -0.780. The van der Waals surface area contributed by atoms with Gasteiger partial charge in [0.2, 0.25) is 0 Å². The smallest absolute Gasteiger partial charge is 0.335 e. The molecule has 1 N–H and O–H groups in total. The molecule has 1 rings (SSSR count). The predicted molar refractivity (Wildman–Crippen MR) is 58.9 cm³/mol. The highest BCUT2D eigenvalue weighted by atomic mass is 16.5. The molecule has 1 aliphatic rings. The molecule has 0 amide bonds. The fraction of sp³-hybridized carbons (Fsp3) is 0.917. The first-order valence-corrected chi connectivity index (χ1v) is 6.06. The summed E-state index contributed by atoms with van der Waals surface area (Å²) in [7, 11) is 0. The van der Waals surface area contributed by atoms with Crippen LogP contribution in [0.25, 0.3) is 0 Å². The molecule has 0 spiro atoms. The molecule has 0 aromatic carbocycles. The van der Waals surface area contributed by atoms with Crippen molar-refractivity contribution in [1.82, 2.24) is 0 Å². The number of ether oxygens (including phenoxy) is 1. The molecule has 0 bridgehead atoms. The average Bonchev–Trinajstić information content (AvgIpc) is 2.11. The summed E-state index contributed by atoms with van der Waals surface area (Å²) >= 11 is 0. The van der Waals surface area contributed by atoms with Crippen LogP contribution in [0.15, 0.2) is 0 Å². The number of aliphatic carboxylic acids is 1. The zero-order valence-corrected chi connectivity index (χ0v) is 9.79. The number of carboxylic acids is 1. The molecule has 88 valence electrons. The Labute approximate surface area is 91.8 Å². The SMILES string of the molecule is CCCC(CCC)(OC1CCC1)C(=O)O. The van der Waals surface area contributed by atoms with Crippen LogP contribution in [0, 0.1) is 0 Å². The topological polar surface area (TPSA) is 46.5 Å². The van der Waals surface area contributed by atoms with Gasteiger partial charge in [-0.25, -0.2) is 4.79 Å². The van der Waals surface area contributed by atoms with Crippen LogP contribution in [0.2, 0.25) is 0 Å². The summed E-state index contributed by atoms with van der Waals surface area (Å²) in [5, 5.41) is 9.33. The molecule has 0 aromatic heterocycles. The maximum absolute atomic E-state index is 11.4. The fourth-order valence-corrected chi connectivity index (χ4v) is 2.12. The molecule has 0 heterocycles. The molecule has 15 heavy (non-hydrogen) atoms. The van der Waals surface area contributed by atoms with E-state index in [1.807, 2.05) is 13.8 Å². The highest BCUT2D eigenvalue weighted by molar-refractivity contribution is 5.77. The Morgan fingerprint density at radius 1 is 1.33 bits per heavy atom. The van der Waals surface area contributed by atoms with Gasteiger partial charge in [0.25, 0.3) is 0 Å². The van der Waals surface area contributed by atoms with Gasteiger partial charge in [0.05, 0.1) is 6.10 Å². The third-order valence-corrected chi connectivity index (χ3v) is 3.14. The van der Waals surface area contributed by atoms with E-state index in [1.54, 1.807) is 0 Å². The quantitative estimate of drug-likeness (QED) is 0.708. The van der Waals surface area contributed by atoms with Gasteiger partial charge in [-0.05, 0) is 32.1 Å². The minimum Gasteiger partial charge on any atom is -0.479 e. The van der Waals surface area contributed by atoms with Gasteiger partial charge < -0.3 is 9.84 Å². The molecule has 0 aliphatic heterocycles. The third-order valence-electron chi connectivity index (χ3n) is 3.14. The monoisotopic (exact) mass is 214 g/mol. The van der Waals surface area contributed by atoms with Crippen LogP contribution >= 0.6 is 0 Å². The maximum Gasteiger partial charge on any atom is 0.335 e. The van der Waals surface area contributed by atoms with E-state index in [0.717, 1.165) is 25.7 Å². The second-order valence-electron chi connectivity index (χ2n) is 4.47. The van der Waals surface area contributed by atoms with E-state index in [9.17, 15) is 9.90 Å². The van der Waals surface area contributed by atoms with Gasteiger partial charge in [-0.3, -0.25) is 0 Å². The maximum atomic E-state index is 11.4. The van der Waals surface area contributed by atoms with E-state index < -0.39 is 11.6 Å². The van der Waals surface area contributed by atoms with E-state index in [4.69, 9.17) is 4.74 Å². The molecule has 1 aliphatic carbocycles. The Kier molecular flexibility index (Phi) is 4.58. The summed E-state index contributed by atoms with van der Waals surface area (Å²) in [5.41, 5.74) is -0.908. The van der Waals surface area contributed by atoms with Gasteiger partial charge >= 0.3 is 5.97 Å². The predicted octanol–water partition coefficient (Wildman–Crippen LogP) is 2.98. The number of hydrogen-bond acceptors (Lipinski definition) is 2. The van der Waals surface area contributed by atoms with Crippen molar-refractivity contribution < 1.29 is 14.6 Å². The number of hydrogen-bond donors (Lipinski definition) is 1. The van der Waals surface area contributed by atoms with E-state index in [2.05, 4.69) is 0 Å². The van der Waals surface area contributed by atoms with Crippen LogP contribution in [0.3, 0.4) is 0 Å². The Bertz CT molecular complexity index is 203. The second-order valence-corrected chi connectivity index (χ2v) is 4.47. The van der Waals surface area contributed by atoms with E-state index in [1.165, 1.54) is 6.42 Å².